The Balaban J connectivity index is 1.75. The molecule has 0 aliphatic heterocycles. The number of aromatic nitrogens is 3. The van der Waals surface area contributed by atoms with E-state index in [0.717, 1.165) is 33.6 Å². The van der Waals surface area contributed by atoms with Crippen molar-refractivity contribution in [3.8, 4) is 0 Å². The lowest BCUT2D eigenvalue weighted by Crippen LogP contribution is -2.03. The molecule has 0 N–H and O–H groups in total. The summed E-state index contributed by atoms with van der Waals surface area (Å²) in [5, 5.41) is 10.7. The molecular formula is C18H16ClN3S2. The number of aryl methyl sites for hydroxylation is 2. The van der Waals surface area contributed by atoms with Crippen molar-refractivity contribution in [2.45, 2.75) is 31.0 Å². The third-order valence-electron chi connectivity index (χ3n) is 3.95. The number of fused-ring (bicyclic) bond motifs is 3. The lowest BCUT2D eigenvalue weighted by molar-refractivity contribution is 0.793. The van der Waals surface area contributed by atoms with Crippen LogP contribution in [0.4, 0.5) is 0 Å². The fourth-order valence-electron chi connectivity index (χ4n) is 2.81. The molecule has 24 heavy (non-hydrogen) atoms. The van der Waals surface area contributed by atoms with Crippen molar-refractivity contribution in [1.82, 2.24) is 14.6 Å². The summed E-state index contributed by atoms with van der Waals surface area (Å²) >= 11 is 9.49. The van der Waals surface area contributed by atoms with Crippen LogP contribution < -0.4 is 0 Å². The second kappa shape index (κ2) is 6.39. The molecule has 6 heteroatoms. The zero-order valence-electron chi connectivity index (χ0n) is 13.4. The van der Waals surface area contributed by atoms with Crippen LogP contribution in [0.15, 0.2) is 41.4 Å². The molecule has 3 nitrogen and oxygen atoms in total. The summed E-state index contributed by atoms with van der Waals surface area (Å²) in [7, 11) is 0. The van der Waals surface area contributed by atoms with Crippen molar-refractivity contribution < 1.29 is 0 Å². The Morgan fingerprint density at radius 1 is 1.12 bits per heavy atom. The molecule has 0 spiro atoms. The van der Waals surface area contributed by atoms with Gasteiger partial charge in [-0.3, -0.25) is 4.40 Å². The van der Waals surface area contributed by atoms with Crippen LogP contribution in [0.25, 0.3) is 15.7 Å². The molecule has 4 aromatic rings. The highest BCUT2D eigenvalue weighted by atomic mass is 35.5. The van der Waals surface area contributed by atoms with Crippen LogP contribution in [0.3, 0.4) is 0 Å². The molecule has 0 fully saturated rings. The summed E-state index contributed by atoms with van der Waals surface area (Å²) < 4.78 is 3.56. The normalized spacial score (nSPS) is 11.6. The summed E-state index contributed by atoms with van der Waals surface area (Å²) in [6.45, 7) is 4.27. The van der Waals surface area contributed by atoms with Gasteiger partial charge in [-0.25, -0.2) is 0 Å². The van der Waals surface area contributed by atoms with E-state index in [1.165, 1.54) is 20.7 Å². The van der Waals surface area contributed by atoms with Gasteiger partial charge in [0.05, 0.1) is 15.7 Å². The predicted octanol–water partition coefficient (Wildman–Crippen LogP) is 5.76. The standard InChI is InChI=1S/C18H16ClN3S2/c1-3-17-20-21-18(23-10-12-4-6-13(19)7-5-12)15-9-16-14(22(15)17)8-11(2)24-16/h4-9H,3,10H2,1-2H3. The van der Waals surface area contributed by atoms with Crippen LogP contribution >= 0.6 is 34.7 Å². The first-order valence-electron chi connectivity index (χ1n) is 7.80. The van der Waals surface area contributed by atoms with Crippen molar-refractivity contribution in [2.75, 3.05) is 0 Å². The van der Waals surface area contributed by atoms with Gasteiger partial charge in [0.2, 0.25) is 0 Å². The van der Waals surface area contributed by atoms with Crippen LogP contribution in [-0.4, -0.2) is 14.6 Å². The van der Waals surface area contributed by atoms with Gasteiger partial charge in [-0.15, -0.1) is 21.5 Å². The summed E-state index contributed by atoms with van der Waals surface area (Å²) in [6.07, 6.45) is 0.865. The van der Waals surface area contributed by atoms with Gasteiger partial charge in [-0.05, 0) is 36.8 Å². The SMILES string of the molecule is CCc1nnc(SCc2ccc(Cl)cc2)c2cc3sc(C)cc3n12. The third-order valence-corrected chi connectivity index (χ3v) is 6.23. The minimum atomic E-state index is 0.764. The molecule has 0 amide bonds. The van der Waals surface area contributed by atoms with E-state index < -0.39 is 0 Å². The van der Waals surface area contributed by atoms with Gasteiger partial charge in [0.25, 0.3) is 0 Å². The Labute approximate surface area is 153 Å². The molecule has 3 heterocycles. The van der Waals surface area contributed by atoms with Crippen molar-refractivity contribution in [1.29, 1.82) is 0 Å². The Hall–Kier alpha value is -1.56. The number of nitrogens with zero attached hydrogens (tertiary/aromatic N) is 3. The van der Waals surface area contributed by atoms with E-state index in [9.17, 15) is 0 Å². The van der Waals surface area contributed by atoms with E-state index in [1.807, 2.05) is 23.5 Å². The number of benzene rings is 1. The lowest BCUT2D eigenvalue weighted by atomic mass is 10.2. The van der Waals surface area contributed by atoms with Gasteiger partial charge in [0.15, 0.2) is 0 Å². The Morgan fingerprint density at radius 3 is 2.67 bits per heavy atom. The van der Waals surface area contributed by atoms with Crippen LogP contribution in [0.5, 0.6) is 0 Å². The first kappa shape index (κ1) is 15.9. The lowest BCUT2D eigenvalue weighted by Gasteiger charge is -2.07. The monoisotopic (exact) mass is 373 g/mol. The summed E-state index contributed by atoms with van der Waals surface area (Å²) in [5.41, 5.74) is 3.63. The van der Waals surface area contributed by atoms with Gasteiger partial charge >= 0.3 is 0 Å². The van der Waals surface area contributed by atoms with E-state index in [2.05, 4.69) is 52.7 Å². The fraction of sp³-hybridized carbons (Fsp3) is 0.222. The highest BCUT2D eigenvalue weighted by Gasteiger charge is 2.14. The Morgan fingerprint density at radius 2 is 1.92 bits per heavy atom. The van der Waals surface area contributed by atoms with Crippen LogP contribution in [0.2, 0.25) is 5.02 Å². The van der Waals surface area contributed by atoms with Crippen molar-refractivity contribution in [3.05, 3.63) is 57.7 Å². The third kappa shape index (κ3) is 2.81. The maximum Gasteiger partial charge on any atom is 0.143 e. The molecule has 122 valence electrons. The second-order valence-electron chi connectivity index (χ2n) is 5.66. The van der Waals surface area contributed by atoms with Gasteiger partial charge < -0.3 is 0 Å². The average Bonchev–Trinajstić information content (AvgIpc) is 3.10. The van der Waals surface area contributed by atoms with E-state index in [4.69, 9.17) is 11.6 Å². The van der Waals surface area contributed by atoms with Crippen LogP contribution in [-0.2, 0) is 12.2 Å². The summed E-state index contributed by atoms with van der Waals surface area (Å²) in [4.78, 5) is 1.32. The Kier molecular flexibility index (Phi) is 4.24. The molecule has 0 unspecified atom stereocenters. The maximum atomic E-state index is 5.95. The number of hydrogen-bond acceptors (Lipinski definition) is 4. The van der Waals surface area contributed by atoms with E-state index in [-0.39, 0.29) is 0 Å². The quantitative estimate of drug-likeness (QED) is 0.426. The molecule has 0 saturated carbocycles. The zero-order valence-corrected chi connectivity index (χ0v) is 15.8. The number of rotatable bonds is 4. The molecule has 0 atom stereocenters. The first-order chi connectivity index (χ1) is 11.7. The molecule has 4 rings (SSSR count). The molecule has 0 radical (unpaired) electrons. The predicted molar refractivity (Wildman–Crippen MR) is 103 cm³/mol. The highest BCUT2D eigenvalue weighted by Crippen LogP contribution is 2.34. The maximum absolute atomic E-state index is 5.95. The van der Waals surface area contributed by atoms with Crippen LogP contribution in [0.1, 0.15) is 23.2 Å². The minimum Gasteiger partial charge on any atom is -0.293 e. The second-order valence-corrected chi connectivity index (χ2v) is 8.35. The van der Waals surface area contributed by atoms with E-state index in [0.29, 0.717) is 0 Å². The number of halogens is 1. The number of thioether (sulfide) groups is 1. The van der Waals surface area contributed by atoms with E-state index >= 15 is 0 Å². The molecular weight excluding hydrogens is 358 g/mol. The van der Waals surface area contributed by atoms with Crippen LogP contribution in [0, 0.1) is 6.92 Å². The first-order valence-corrected chi connectivity index (χ1v) is 9.98. The molecule has 0 saturated heterocycles. The number of thiophene rings is 1. The molecule has 0 bridgehead atoms. The largest absolute Gasteiger partial charge is 0.293 e. The fourth-order valence-corrected chi connectivity index (χ4v) is 4.78. The molecule has 0 aliphatic carbocycles. The summed E-state index contributed by atoms with van der Waals surface area (Å²) in [6, 6.07) is 12.4. The zero-order chi connectivity index (χ0) is 16.7. The number of hydrogen-bond donors (Lipinski definition) is 0. The van der Waals surface area contributed by atoms with E-state index in [1.54, 1.807) is 11.8 Å². The van der Waals surface area contributed by atoms with Crippen molar-refractivity contribution in [3.63, 3.8) is 0 Å². The van der Waals surface area contributed by atoms with Gasteiger partial charge in [-0.1, -0.05) is 42.4 Å². The summed E-state index contributed by atoms with van der Waals surface area (Å²) in [5.74, 6) is 1.86. The topological polar surface area (TPSA) is 30.2 Å². The Bertz CT molecular complexity index is 1020. The van der Waals surface area contributed by atoms with Gasteiger partial charge in [0, 0.05) is 22.1 Å². The average molecular weight is 374 g/mol. The van der Waals surface area contributed by atoms with Crippen molar-refractivity contribution >= 4 is 50.4 Å². The molecule has 3 aromatic heterocycles. The van der Waals surface area contributed by atoms with Crippen molar-refractivity contribution in [2.24, 2.45) is 0 Å². The minimum absolute atomic E-state index is 0.764. The smallest absolute Gasteiger partial charge is 0.143 e. The molecule has 0 aliphatic rings. The molecule has 1 aromatic carbocycles. The highest BCUT2D eigenvalue weighted by molar-refractivity contribution is 7.98. The van der Waals surface area contributed by atoms with Gasteiger partial charge in [-0.2, -0.15) is 0 Å². The van der Waals surface area contributed by atoms with Gasteiger partial charge in [0.1, 0.15) is 10.9 Å².